The predicted octanol–water partition coefficient (Wildman–Crippen LogP) is 1.78. The first-order valence-corrected chi connectivity index (χ1v) is 5.47. The Morgan fingerprint density at radius 2 is 2.29 bits per heavy atom. The van der Waals surface area contributed by atoms with Crippen molar-refractivity contribution in [1.29, 1.82) is 0 Å². The minimum absolute atomic E-state index is 0.605. The maximum Gasteiger partial charge on any atom is 0.225 e. The van der Waals surface area contributed by atoms with E-state index in [-0.39, 0.29) is 0 Å². The van der Waals surface area contributed by atoms with Gasteiger partial charge in [-0.05, 0) is 19.1 Å². The van der Waals surface area contributed by atoms with Gasteiger partial charge in [-0.2, -0.15) is 10.1 Å². The Kier molecular flexibility index (Phi) is 2.25. The lowest BCUT2D eigenvalue weighted by molar-refractivity contribution is 1.07. The first kappa shape index (κ1) is 9.83. The zero-order chi connectivity index (χ0) is 11.7. The minimum atomic E-state index is 0.605. The van der Waals surface area contributed by atoms with Crippen LogP contribution in [0.25, 0.3) is 22.4 Å². The Labute approximate surface area is 97.5 Å². The molecule has 0 aliphatic carbocycles. The molecular weight excluding hydrogens is 216 g/mol. The molecular formula is C11H12N6. The van der Waals surface area contributed by atoms with Crippen molar-refractivity contribution in [1.82, 2.24) is 25.1 Å². The third-order valence-electron chi connectivity index (χ3n) is 2.50. The molecule has 17 heavy (non-hydrogen) atoms. The summed E-state index contributed by atoms with van der Waals surface area (Å²) in [7, 11) is 0. The second-order valence-electron chi connectivity index (χ2n) is 3.64. The van der Waals surface area contributed by atoms with Crippen LogP contribution >= 0.6 is 0 Å². The molecule has 3 N–H and O–H groups in total. The van der Waals surface area contributed by atoms with Crippen LogP contribution in [0.3, 0.4) is 0 Å². The smallest absolute Gasteiger partial charge is 0.225 e. The molecule has 0 spiro atoms. The second kappa shape index (κ2) is 3.89. The number of rotatable bonds is 3. The first-order chi connectivity index (χ1) is 8.38. The van der Waals surface area contributed by atoms with Crippen molar-refractivity contribution in [3.8, 4) is 11.4 Å². The molecule has 3 rings (SSSR count). The summed E-state index contributed by atoms with van der Waals surface area (Å²) in [6.07, 6.45) is 3.61. The fraction of sp³-hybridized carbons (Fsp3) is 0.182. The van der Waals surface area contributed by atoms with Crippen LogP contribution in [0.1, 0.15) is 6.92 Å². The van der Waals surface area contributed by atoms with Crippen LogP contribution in [0, 0.1) is 0 Å². The van der Waals surface area contributed by atoms with Gasteiger partial charge in [0.25, 0.3) is 0 Å². The average Bonchev–Trinajstić information content (AvgIpc) is 2.99. The Morgan fingerprint density at radius 1 is 1.35 bits per heavy atom. The summed E-state index contributed by atoms with van der Waals surface area (Å²) in [6.45, 7) is 2.79. The first-order valence-electron chi connectivity index (χ1n) is 5.47. The van der Waals surface area contributed by atoms with Gasteiger partial charge in [-0.3, -0.25) is 5.10 Å². The highest BCUT2D eigenvalue weighted by Gasteiger charge is 2.11. The molecule has 0 saturated heterocycles. The van der Waals surface area contributed by atoms with Gasteiger partial charge < -0.3 is 10.3 Å². The molecule has 0 bridgehead atoms. The van der Waals surface area contributed by atoms with E-state index in [0.717, 1.165) is 29.0 Å². The van der Waals surface area contributed by atoms with Gasteiger partial charge in [0.05, 0.1) is 17.3 Å². The number of nitrogens with one attached hydrogen (secondary N) is 3. The maximum absolute atomic E-state index is 4.49. The standard InChI is InChI=1S/C11H12N6/c1-2-12-11-15-9(8-4-3-5-13-8)7-6-14-17-10(7)16-11/h3-6,13H,2H2,1H3,(H2,12,14,15,16,17). The van der Waals surface area contributed by atoms with E-state index in [0.29, 0.717) is 5.95 Å². The molecule has 0 amide bonds. The van der Waals surface area contributed by atoms with Gasteiger partial charge in [-0.25, -0.2) is 4.98 Å². The fourth-order valence-electron chi connectivity index (χ4n) is 1.76. The highest BCUT2D eigenvalue weighted by Crippen LogP contribution is 2.24. The van der Waals surface area contributed by atoms with Crippen molar-refractivity contribution in [2.45, 2.75) is 6.92 Å². The van der Waals surface area contributed by atoms with Crippen LogP contribution < -0.4 is 5.32 Å². The Morgan fingerprint density at radius 3 is 3.06 bits per heavy atom. The lowest BCUT2D eigenvalue weighted by Crippen LogP contribution is -2.03. The van der Waals surface area contributed by atoms with E-state index in [1.165, 1.54) is 0 Å². The summed E-state index contributed by atoms with van der Waals surface area (Å²) in [5.41, 5.74) is 2.54. The zero-order valence-corrected chi connectivity index (χ0v) is 9.36. The van der Waals surface area contributed by atoms with E-state index in [4.69, 9.17) is 0 Å². The Hall–Kier alpha value is -2.37. The summed E-state index contributed by atoms with van der Waals surface area (Å²) in [5, 5.41) is 10.9. The number of hydrogen-bond acceptors (Lipinski definition) is 4. The average molecular weight is 228 g/mol. The molecule has 0 saturated carbocycles. The number of anilines is 1. The van der Waals surface area contributed by atoms with Gasteiger partial charge in [0.2, 0.25) is 5.95 Å². The number of aromatic amines is 2. The van der Waals surface area contributed by atoms with Crippen LogP contribution in [0.5, 0.6) is 0 Å². The van der Waals surface area contributed by atoms with E-state index in [1.54, 1.807) is 6.20 Å². The highest BCUT2D eigenvalue weighted by atomic mass is 15.2. The Balaban J connectivity index is 2.23. The monoisotopic (exact) mass is 228 g/mol. The molecule has 6 nitrogen and oxygen atoms in total. The van der Waals surface area contributed by atoms with E-state index in [9.17, 15) is 0 Å². The summed E-state index contributed by atoms with van der Waals surface area (Å²) >= 11 is 0. The molecule has 6 heteroatoms. The number of H-pyrrole nitrogens is 2. The van der Waals surface area contributed by atoms with Gasteiger partial charge in [0.15, 0.2) is 5.65 Å². The number of fused-ring (bicyclic) bond motifs is 1. The molecule has 0 atom stereocenters. The second-order valence-corrected chi connectivity index (χ2v) is 3.64. The molecule has 0 aromatic carbocycles. The maximum atomic E-state index is 4.49. The van der Waals surface area contributed by atoms with Gasteiger partial charge in [-0.15, -0.1) is 0 Å². The number of nitrogens with zero attached hydrogens (tertiary/aromatic N) is 3. The summed E-state index contributed by atoms with van der Waals surface area (Å²) < 4.78 is 0. The van der Waals surface area contributed by atoms with Crippen molar-refractivity contribution in [3.05, 3.63) is 24.5 Å². The van der Waals surface area contributed by atoms with Crippen molar-refractivity contribution >= 4 is 17.0 Å². The van der Waals surface area contributed by atoms with E-state index in [1.807, 2.05) is 25.3 Å². The third-order valence-corrected chi connectivity index (χ3v) is 2.50. The summed E-state index contributed by atoms with van der Waals surface area (Å²) in [5.74, 6) is 0.605. The highest BCUT2D eigenvalue weighted by molar-refractivity contribution is 5.89. The van der Waals surface area contributed by atoms with E-state index in [2.05, 4.69) is 30.5 Å². The van der Waals surface area contributed by atoms with Gasteiger partial charge >= 0.3 is 0 Å². The Bertz CT molecular complexity index is 625. The molecule has 0 aliphatic heterocycles. The quantitative estimate of drug-likeness (QED) is 0.638. The third kappa shape index (κ3) is 1.63. The molecule has 0 fully saturated rings. The number of aromatic nitrogens is 5. The lowest BCUT2D eigenvalue weighted by Gasteiger charge is -2.04. The molecule has 3 aromatic heterocycles. The van der Waals surface area contributed by atoms with E-state index >= 15 is 0 Å². The normalized spacial score (nSPS) is 10.9. The topological polar surface area (TPSA) is 82.3 Å². The molecule has 0 radical (unpaired) electrons. The van der Waals surface area contributed by atoms with Crippen LogP contribution in [0.4, 0.5) is 5.95 Å². The van der Waals surface area contributed by atoms with Crippen LogP contribution in [-0.2, 0) is 0 Å². The summed E-state index contributed by atoms with van der Waals surface area (Å²) in [6, 6.07) is 3.92. The van der Waals surface area contributed by atoms with Gasteiger partial charge in [-0.1, -0.05) is 0 Å². The summed E-state index contributed by atoms with van der Waals surface area (Å²) in [4.78, 5) is 12.0. The van der Waals surface area contributed by atoms with Crippen LogP contribution in [0.15, 0.2) is 24.5 Å². The van der Waals surface area contributed by atoms with Crippen molar-refractivity contribution in [2.75, 3.05) is 11.9 Å². The predicted molar refractivity (Wildman–Crippen MR) is 65.6 cm³/mol. The lowest BCUT2D eigenvalue weighted by atomic mass is 10.2. The molecule has 0 aliphatic rings. The van der Waals surface area contributed by atoms with Crippen LogP contribution in [-0.4, -0.2) is 31.7 Å². The van der Waals surface area contributed by atoms with Crippen LogP contribution in [0.2, 0.25) is 0 Å². The molecule has 3 aromatic rings. The van der Waals surface area contributed by atoms with Crippen molar-refractivity contribution in [2.24, 2.45) is 0 Å². The largest absolute Gasteiger partial charge is 0.360 e. The van der Waals surface area contributed by atoms with Crippen molar-refractivity contribution < 1.29 is 0 Å². The molecule has 3 heterocycles. The van der Waals surface area contributed by atoms with Crippen molar-refractivity contribution in [3.63, 3.8) is 0 Å². The zero-order valence-electron chi connectivity index (χ0n) is 9.36. The SMILES string of the molecule is CCNc1nc(-c2ccc[nH]2)c2cn[nH]c2n1. The van der Waals surface area contributed by atoms with Gasteiger partial charge in [0, 0.05) is 12.7 Å². The molecule has 0 unspecified atom stereocenters. The van der Waals surface area contributed by atoms with E-state index < -0.39 is 0 Å². The fourth-order valence-corrected chi connectivity index (χ4v) is 1.76. The minimum Gasteiger partial charge on any atom is -0.360 e. The molecule has 86 valence electrons. The number of hydrogen-bond donors (Lipinski definition) is 3. The van der Waals surface area contributed by atoms with Gasteiger partial charge in [0.1, 0.15) is 5.69 Å².